The summed E-state index contributed by atoms with van der Waals surface area (Å²) in [5.74, 6) is 1.69. The van der Waals surface area contributed by atoms with Crippen molar-refractivity contribution in [1.82, 2.24) is 4.98 Å². The lowest BCUT2D eigenvalue weighted by molar-refractivity contribution is 0.318. The summed E-state index contributed by atoms with van der Waals surface area (Å²) >= 11 is 0. The molecule has 5 nitrogen and oxygen atoms in total. The fourth-order valence-electron chi connectivity index (χ4n) is 2.23. The van der Waals surface area contributed by atoms with Crippen molar-refractivity contribution in [2.24, 2.45) is 16.8 Å². The fraction of sp³-hybridized carbons (Fsp3) is 0.538. The Morgan fingerprint density at radius 2 is 2.22 bits per heavy atom. The molecule has 2 rings (SSSR count). The molecule has 1 aromatic rings. The van der Waals surface area contributed by atoms with Crippen LogP contribution in [0.2, 0.25) is 0 Å². The molecule has 18 heavy (non-hydrogen) atoms. The predicted molar refractivity (Wildman–Crippen MR) is 72.2 cm³/mol. The zero-order valence-electron chi connectivity index (χ0n) is 11.1. The molecule has 0 unspecified atom stereocenters. The van der Waals surface area contributed by atoms with Crippen LogP contribution in [-0.2, 0) is 0 Å². The molecular formula is C13H20N4O. The van der Waals surface area contributed by atoms with Gasteiger partial charge in [0, 0.05) is 19.3 Å². The number of oxime groups is 1. The van der Waals surface area contributed by atoms with Crippen LogP contribution in [0.1, 0.15) is 29.7 Å². The van der Waals surface area contributed by atoms with E-state index in [2.05, 4.69) is 15.0 Å². The highest BCUT2D eigenvalue weighted by atomic mass is 16.4. The third kappa shape index (κ3) is 2.55. The zero-order valence-corrected chi connectivity index (χ0v) is 11.1. The summed E-state index contributed by atoms with van der Waals surface area (Å²) in [6.45, 7) is 4.88. The number of hydrogen-bond donors (Lipinski definition) is 2. The van der Waals surface area contributed by atoms with Crippen LogP contribution in [0, 0.1) is 19.8 Å². The molecule has 0 radical (unpaired) electrons. The Morgan fingerprint density at radius 1 is 1.56 bits per heavy atom. The van der Waals surface area contributed by atoms with Crippen LogP contribution in [0.3, 0.4) is 0 Å². The SMILES string of the molecule is Cc1cc(C)c(C(N)=NO)c(N(C)CC2CC2)n1. The maximum atomic E-state index is 8.90. The standard InChI is InChI=1S/C13H20N4O/c1-8-6-9(2)15-13(11(8)12(14)16-18)17(3)7-10-4-5-10/h6,10,18H,4-5,7H2,1-3H3,(H2,14,16). The summed E-state index contributed by atoms with van der Waals surface area (Å²) < 4.78 is 0. The average Bonchev–Trinajstić information content (AvgIpc) is 3.11. The van der Waals surface area contributed by atoms with Gasteiger partial charge in [0.2, 0.25) is 0 Å². The van der Waals surface area contributed by atoms with E-state index in [-0.39, 0.29) is 5.84 Å². The molecule has 1 aliphatic rings. The Morgan fingerprint density at radius 3 is 2.78 bits per heavy atom. The van der Waals surface area contributed by atoms with Crippen molar-refractivity contribution in [2.75, 3.05) is 18.5 Å². The van der Waals surface area contributed by atoms with Crippen molar-refractivity contribution in [3.63, 3.8) is 0 Å². The van der Waals surface area contributed by atoms with E-state index in [0.29, 0.717) is 0 Å². The third-order valence-corrected chi connectivity index (χ3v) is 3.28. The molecular weight excluding hydrogens is 228 g/mol. The van der Waals surface area contributed by atoms with Gasteiger partial charge in [-0.2, -0.15) is 0 Å². The number of nitrogens with zero attached hydrogens (tertiary/aromatic N) is 3. The Hall–Kier alpha value is -1.78. The molecule has 0 bridgehead atoms. The number of nitrogens with two attached hydrogens (primary N) is 1. The Balaban J connectivity index is 2.41. The van der Waals surface area contributed by atoms with Crippen LogP contribution in [0.4, 0.5) is 5.82 Å². The second kappa shape index (κ2) is 4.84. The summed E-state index contributed by atoms with van der Waals surface area (Å²) in [5, 5.41) is 12.0. The number of rotatable bonds is 4. The van der Waals surface area contributed by atoms with E-state index in [9.17, 15) is 0 Å². The Labute approximate surface area is 107 Å². The van der Waals surface area contributed by atoms with Crippen molar-refractivity contribution in [2.45, 2.75) is 26.7 Å². The smallest absolute Gasteiger partial charge is 0.174 e. The first kappa shape index (κ1) is 12.7. The van der Waals surface area contributed by atoms with E-state index < -0.39 is 0 Å². The maximum Gasteiger partial charge on any atom is 0.174 e. The average molecular weight is 248 g/mol. The van der Waals surface area contributed by atoms with Gasteiger partial charge in [0.25, 0.3) is 0 Å². The molecule has 1 heterocycles. The number of hydrogen-bond acceptors (Lipinski definition) is 4. The van der Waals surface area contributed by atoms with Crippen LogP contribution in [0.15, 0.2) is 11.2 Å². The lowest BCUT2D eigenvalue weighted by atomic mass is 10.1. The number of aryl methyl sites for hydroxylation is 2. The van der Waals surface area contributed by atoms with Gasteiger partial charge in [-0.15, -0.1) is 0 Å². The van der Waals surface area contributed by atoms with Crippen LogP contribution in [0.5, 0.6) is 0 Å². The van der Waals surface area contributed by atoms with Gasteiger partial charge in [-0.05, 0) is 44.2 Å². The largest absolute Gasteiger partial charge is 0.409 e. The minimum Gasteiger partial charge on any atom is -0.409 e. The summed E-state index contributed by atoms with van der Waals surface area (Å²) in [5.41, 5.74) is 8.42. The lowest BCUT2D eigenvalue weighted by Crippen LogP contribution is -2.27. The van der Waals surface area contributed by atoms with Crippen LogP contribution < -0.4 is 10.6 Å². The molecule has 5 heteroatoms. The van der Waals surface area contributed by atoms with Gasteiger partial charge < -0.3 is 15.8 Å². The summed E-state index contributed by atoms with van der Waals surface area (Å²) in [7, 11) is 2.01. The minimum absolute atomic E-state index is 0.123. The van der Waals surface area contributed by atoms with Gasteiger partial charge in [-0.1, -0.05) is 5.16 Å². The molecule has 0 amide bonds. The van der Waals surface area contributed by atoms with E-state index in [4.69, 9.17) is 10.9 Å². The first-order chi connectivity index (χ1) is 8.52. The van der Waals surface area contributed by atoms with E-state index in [1.165, 1.54) is 12.8 Å². The minimum atomic E-state index is 0.123. The number of anilines is 1. The molecule has 0 saturated heterocycles. The molecule has 0 atom stereocenters. The van der Waals surface area contributed by atoms with Gasteiger partial charge in [0.05, 0.1) is 5.56 Å². The zero-order chi connectivity index (χ0) is 13.3. The fourth-order valence-corrected chi connectivity index (χ4v) is 2.23. The van der Waals surface area contributed by atoms with E-state index in [1.807, 2.05) is 27.0 Å². The molecule has 0 aliphatic heterocycles. The van der Waals surface area contributed by atoms with Crippen LogP contribution >= 0.6 is 0 Å². The van der Waals surface area contributed by atoms with E-state index in [1.54, 1.807) is 0 Å². The highest BCUT2D eigenvalue weighted by Crippen LogP contribution is 2.31. The quantitative estimate of drug-likeness (QED) is 0.367. The molecule has 1 aliphatic carbocycles. The first-order valence-corrected chi connectivity index (χ1v) is 6.20. The van der Waals surface area contributed by atoms with E-state index in [0.717, 1.165) is 35.1 Å². The Bertz CT molecular complexity index is 480. The van der Waals surface area contributed by atoms with Gasteiger partial charge >= 0.3 is 0 Å². The van der Waals surface area contributed by atoms with Gasteiger partial charge in [0.1, 0.15) is 5.82 Å². The molecule has 3 N–H and O–H groups in total. The second-order valence-corrected chi connectivity index (χ2v) is 5.09. The van der Waals surface area contributed by atoms with E-state index >= 15 is 0 Å². The lowest BCUT2D eigenvalue weighted by Gasteiger charge is -2.22. The molecule has 0 aromatic carbocycles. The van der Waals surface area contributed by atoms with Crippen LogP contribution in [0.25, 0.3) is 0 Å². The van der Waals surface area contributed by atoms with Gasteiger partial charge in [-0.25, -0.2) is 4.98 Å². The van der Waals surface area contributed by atoms with Crippen molar-refractivity contribution in [3.8, 4) is 0 Å². The molecule has 1 aromatic heterocycles. The molecule has 98 valence electrons. The molecule has 0 spiro atoms. The number of amidine groups is 1. The highest BCUT2D eigenvalue weighted by molar-refractivity contribution is 6.02. The molecule has 1 fully saturated rings. The molecule has 1 saturated carbocycles. The highest BCUT2D eigenvalue weighted by Gasteiger charge is 2.25. The monoisotopic (exact) mass is 248 g/mol. The van der Waals surface area contributed by atoms with Crippen LogP contribution in [-0.4, -0.2) is 29.6 Å². The Kier molecular flexibility index (Phi) is 3.41. The van der Waals surface area contributed by atoms with Crippen molar-refractivity contribution in [1.29, 1.82) is 0 Å². The summed E-state index contributed by atoms with van der Waals surface area (Å²) in [6.07, 6.45) is 2.57. The third-order valence-electron chi connectivity index (χ3n) is 3.28. The normalized spacial score (nSPS) is 15.8. The summed E-state index contributed by atoms with van der Waals surface area (Å²) in [4.78, 5) is 6.64. The maximum absolute atomic E-state index is 8.90. The van der Waals surface area contributed by atoms with Gasteiger partial charge in [-0.3, -0.25) is 0 Å². The van der Waals surface area contributed by atoms with Crippen molar-refractivity contribution in [3.05, 3.63) is 22.9 Å². The first-order valence-electron chi connectivity index (χ1n) is 6.20. The van der Waals surface area contributed by atoms with Gasteiger partial charge in [0.15, 0.2) is 5.84 Å². The number of aromatic nitrogens is 1. The topological polar surface area (TPSA) is 74.7 Å². The van der Waals surface area contributed by atoms with Crippen molar-refractivity contribution >= 4 is 11.7 Å². The summed E-state index contributed by atoms with van der Waals surface area (Å²) in [6, 6.07) is 1.95. The van der Waals surface area contributed by atoms with Crippen molar-refractivity contribution < 1.29 is 5.21 Å². The predicted octanol–water partition coefficient (Wildman–Crippen LogP) is 1.64. The number of pyridine rings is 1. The second-order valence-electron chi connectivity index (χ2n) is 5.09.